The summed E-state index contributed by atoms with van der Waals surface area (Å²) in [5, 5.41) is 10.0. The van der Waals surface area contributed by atoms with Crippen LogP contribution in [0.3, 0.4) is 0 Å². The molecule has 4 aromatic heterocycles. The number of ether oxygens (including phenoxy) is 2. The highest BCUT2D eigenvalue weighted by molar-refractivity contribution is 8.24. The minimum atomic E-state index is -3.63. The zero-order valence-electron chi connectivity index (χ0n) is 68.8. The zero-order valence-corrected chi connectivity index (χ0v) is 72.7. The minimum Gasteiger partial charge on any atom is -0.690 e. The van der Waals surface area contributed by atoms with Crippen LogP contribution >= 0.6 is 34.8 Å². The fourth-order valence-corrected chi connectivity index (χ4v) is 17.9. The molecule has 572 valence electrons. The molecule has 6 saturated heterocycles. The molecule has 10 heterocycles. The third-order valence-electron chi connectivity index (χ3n) is 22.4. The number of hydrogen-bond acceptors (Lipinski definition) is 22. The maximum absolute atomic E-state index is 12.6. The molecular formula is C64H81B25Cl3N18O6S2-. The van der Waals surface area contributed by atoms with E-state index < -0.39 is 90.3 Å². The number of piperidine rings is 4. The molecule has 8 aromatic rings. The number of benzene rings is 4. The van der Waals surface area contributed by atoms with E-state index in [0.717, 1.165) is 70.7 Å². The van der Waals surface area contributed by atoms with E-state index >= 15 is 0 Å². The quantitative estimate of drug-likeness (QED) is 0.0296. The highest BCUT2D eigenvalue weighted by Gasteiger charge is 2.49. The van der Waals surface area contributed by atoms with Crippen LogP contribution in [-0.4, -0.2) is 348 Å². The average Bonchev–Trinajstić information content (AvgIpc) is 0.777. The van der Waals surface area contributed by atoms with Crippen molar-refractivity contribution in [1.82, 2.24) is 49.7 Å². The predicted molar refractivity (Wildman–Crippen MR) is 520 cm³/mol. The highest BCUT2D eigenvalue weighted by Crippen LogP contribution is 2.44. The van der Waals surface area contributed by atoms with E-state index in [1.165, 1.54) is 107 Å². The molecule has 4 atom stereocenters. The summed E-state index contributed by atoms with van der Waals surface area (Å²) in [5.41, 5.74) is 16.1. The summed E-state index contributed by atoms with van der Waals surface area (Å²) in [6.45, 7) is 18.0. The van der Waals surface area contributed by atoms with Crippen molar-refractivity contribution >= 4 is 318 Å². The normalized spacial score (nSPS) is 16.2. The Kier molecular flexibility index (Phi) is 34.1. The van der Waals surface area contributed by atoms with Crippen LogP contribution in [0.1, 0.15) is 78.4 Å². The first-order valence-corrected chi connectivity index (χ1v) is 43.7. The first-order chi connectivity index (χ1) is 55.7. The van der Waals surface area contributed by atoms with E-state index in [0.29, 0.717) is 92.8 Å². The molecule has 0 saturated carbocycles. The number of nitrogens with one attached hydrogen (secondary N) is 3. The Morgan fingerprint density at radius 3 is 1.32 bits per heavy atom. The van der Waals surface area contributed by atoms with Gasteiger partial charge in [0.25, 0.3) is 0 Å². The number of aryl methyl sites for hydroxylation is 2. The Balaban J connectivity index is 0.000000190. The molecule has 0 amide bonds. The third kappa shape index (κ3) is 22.7. The molecule has 5 N–H and O–H groups in total. The van der Waals surface area contributed by atoms with Crippen LogP contribution in [-0.2, 0) is 32.9 Å². The monoisotopic (exact) mass is 1640 g/mol. The van der Waals surface area contributed by atoms with Crippen molar-refractivity contribution in [3.63, 3.8) is 0 Å². The fourth-order valence-electron chi connectivity index (χ4n) is 16.5. The lowest BCUT2D eigenvalue weighted by Crippen LogP contribution is -2.85. The Labute approximate surface area is 735 Å². The Morgan fingerprint density at radius 1 is 0.534 bits per heavy atom. The molecule has 6 aliphatic heterocycles. The number of rotatable bonds is 29. The number of methoxy groups -OCH3 is 2. The molecule has 118 heavy (non-hydrogen) atoms. The van der Waals surface area contributed by atoms with Gasteiger partial charge in [-0.15, -0.1) is 0 Å². The summed E-state index contributed by atoms with van der Waals surface area (Å²) in [6.07, 6.45) is 8.87. The number of nitrogen functional groups attached to an aromatic ring is 1. The van der Waals surface area contributed by atoms with Gasteiger partial charge in [-0.05, 0) is 288 Å². The second kappa shape index (κ2) is 41.9. The number of aromatic nitrogens is 8. The first-order valence-electron chi connectivity index (χ1n) is 38.9. The number of fused-ring (bicyclic) bond motifs is 8. The summed E-state index contributed by atoms with van der Waals surface area (Å²) >= 11 is 18.4. The largest absolute Gasteiger partial charge is 0.690 e. The highest BCUT2D eigenvalue weighted by atomic mass is 35.5. The van der Waals surface area contributed by atoms with Gasteiger partial charge in [-0.2, -0.15) is 9.97 Å². The number of halogens is 3. The molecule has 6 aliphatic rings. The summed E-state index contributed by atoms with van der Waals surface area (Å²) in [7, 11) is 76.9. The van der Waals surface area contributed by atoms with E-state index in [2.05, 4.69) is 141 Å². The summed E-state index contributed by atoms with van der Waals surface area (Å²) in [5.74, 6) is 2.31. The Bertz CT molecular complexity index is 4970. The van der Waals surface area contributed by atoms with Gasteiger partial charge in [0, 0.05) is 125 Å². The van der Waals surface area contributed by atoms with Crippen molar-refractivity contribution in [1.29, 1.82) is 0 Å². The van der Waals surface area contributed by atoms with Gasteiger partial charge in [0.1, 0.15) is 44.0 Å². The molecule has 14 rings (SSSR count). The molecule has 28 radical (unpaired) electrons. The molecule has 4 bridgehead atoms. The van der Waals surface area contributed by atoms with Gasteiger partial charge in [-0.1, -0.05) is 37.0 Å². The molecule has 6 fully saturated rings. The molecule has 4 unspecified atom stereocenters. The van der Waals surface area contributed by atoms with Crippen molar-refractivity contribution in [2.75, 3.05) is 107 Å². The number of hydrogen-bond donors (Lipinski definition) is 4. The van der Waals surface area contributed by atoms with Crippen LogP contribution in [0.15, 0.2) is 85.7 Å². The predicted octanol–water partition coefficient (Wildman–Crippen LogP) is 1.84. The lowest BCUT2D eigenvalue weighted by molar-refractivity contribution is 0.0672. The second-order valence-electron chi connectivity index (χ2n) is 30.6. The van der Waals surface area contributed by atoms with Crippen LogP contribution < -0.4 is 49.6 Å². The van der Waals surface area contributed by atoms with Crippen LogP contribution in [0.2, 0.25) is 15.3 Å². The van der Waals surface area contributed by atoms with E-state index in [9.17, 15) is 16.8 Å². The number of sulfonamides is 2. The summed E-state index contributed by atoms with van der Waals surface area (Å²) in [4.78, 5) is 44.6. The van der Waals surface area contributed by atoms with E-state index in [-0.39, 0.29) is 27.0 Å². The smallest absolute Gasteiger partial charge is 0.232 e. The fraction of sp³-hybridized carbons (Fsp3) is 0.438. The van der Waals surface area contributed by atoms with Crippen molar-refractivity contribution in [3.05, 3.63) is 112 Å². The Morgan fingerprint density at radius 2 is 0.941 bits per heavy atom. The van der Waals surface area contributed by atoms with Crippen molar-refractivity contribution in [2.24, 2.45) is 0 Å². The van der Waals surface area contributed by atoms with Crippen LogP contribution in [0.25, 0.3) is 22.1 Å². The standard InChI is InChI=1S/C32H40ClN9O3S.C18H29N3O.C14H12Cl2N6O2S.B25/c1-7-20-14-26(28(45-5)15-27(20)42-18-21-8-9-22(42)17-41(21)19(2)3)38-32-36-16-23(33)31(39-32)37-25-11-10-24-29(35-13-12-34-24)30(25)40(4)46(6,43)44;1-5-13-8-16(19)18(22-4)9-17(13)21-11-14-6-7-15(21)10-20(14)12(2)3;1-22(25(2,23)24)12-10(4-3-9-11(12)18-6-5-17-9)20-13-8(15)7-19-14(16)21-13;1-14-21(15(2)3)24(20(12)13)25(22(16(4)5)17(6)7)23(18(8)9)19(10)11/h10-16,19,21-22H,7-9,17-18H2,1-6H3,(H2,36,37,38,39);8-9,12,14-15H,5-7,10-11,19H2,1-4H3;3-7H,1-2H3,(H,19,20,21);/q;;;-1. The molecule has 0 spiro atoms. The van der Waals surface area contributed by atoms with E-state index in [1.807, 2.05) is 0 Å². The molecule has 54 heteroatoms. The molecular weight excluding hydrogens is 1560 g/mol. The van der Waals surface area contributed by atoms with Crippen LogP contribution in [0.4, 0.5) is 63.1 Å². The first kappa shape index (κ1) is 95.9. The molecule has 4 aromatic carbocycles. The van der Waals surface area contributed by atoms with E-state index in [4.69, 9.17) is 151 Å². The van der Waals surface area contributed by atoms with Gasteiger partial charge >= 0.3 is 0 Å². The van der Waals surface area contributed by atoms with E-state index in [1.54, 1.807) is 44.7 Å². The number of anilines is 11. The Hall–Kier alpha value is -5.97. The van der Waals surface area contributed by atoms with Crippen molar-refractivity contribution in [3.8, 4) is 11.5 Å². The third-order valence-corrected chi connectivity index (χ3v) is 25.5. The lowest BCUT2D eigenvalue weighted by atomic mass is 8.35. The van der Waals surface area contributed by atoms with Crippen molar-refractivity contribution < 1.29 is 26.3 Å². The molecule has 0 aliphatic carbocycles. The second-order valence-corrected chi connectivity index (χ2v) is 35.8. The minimum absolute atomic E-state index is 0.00509. The number of piperazine rings is 2. The number of nitrogens with zero attached hydrogens (tertiary/aromatic N) is 14. The average molecular weight is 1640 g/mol. The maximum Gasteiger partial charge on any atom is 0.232 e. The lowest BCUT2D eigenvalue weighted by Gasteiger charge is -2.54. The zero-order chi connectivity index (χ0) is 86.9. The van der Waals surface area contributed by atoms with Gasteiger partial charge in [0.2, 0.25) is 31.3 Å². The van der Waals surface area contributed by atoms with Crippen LogP contribution in [0, 0.1) is 0 Å². The van der Waals surface area contributed by atoms with Gasteiger partial charge in [-0.3, -0.25) is 45.4 Å². The topological polar surface area (TPSA) is 271 Å². The van der Waals surface area contributed by atoms with Gasteiger partial charge in [0.05, 0.1) is 72.9 Å². The SMILES string of the molecule is CCc1cc(N)c(OC)cc1N1CC2CCC1CN2C(C)C.CCc1cc(Nc2ncc(Cl)c(Nc3ccc4nccnc4c3N(C)S(C)(=O)=O)n2)c(OC)cc1N1CC2CCC1CN2C(C)C.CN(c1c(Nc2nc(Cl)ncc2Cl)ccc2nccnc12)S(C)(=O)=O.[B]B([B])B([B][B-])B(B([B])[B])B(B(B([B])[B])B([B])[B])B(B([B])[B])B([B])[B]. The maximum atomic E-state index is 12.6. The summed E-state index contributed by atoms with van der Waals surface area (Å²) < 4.78 is 62.9. The van der Waals surface area contributed by atoms with Gasteiger partial charge < -0.3 is 48.7 Å². The van der Waals surface area contributed by atoms with Crippen molar-refractivity contribution in [2.45, 2.75) is 116 Å². The van der Waals surface area contributed by atoms with Gasteiger partial charge in [0.15, 0.2) is 11.6 Å². The number of nitrogens with two attached hydrogens (primary N) is 1. The summed E-state index contributed by atoms with van der Waals surface area (Å²) in [6, 6.07) is 18.8. The van der Waals surface area contributed by atoms with Gasteiger partial charge in [-0.25, -0.2) is 26.8 Å². The molecule has 24 nitrogen and oxygen atoms in total. The van der Waals surface area contributed by atoms with Crippen LogP contribution in [0.5, 0.6) is 11.5 Å².